The Morgan fingerprint density at radius 3 is 3.00 bits per heavy atom. The van der Waals surface area contributed by atoms with Crippen LogP contribution in [0.5, 0.6) is 5.75 Å². The van der Waals surface area contributed by atoms with Crippen LogP contribution in [0.25, 0.3) is 0 Å². The van der Waals surface area contributed by atoms with Crippen LogP contribution in [0.1, 0.15) is 11.8 Å². The highest BCUT2D eigenvalue weighted by molar-refractivity contribution is 5.77. The monoisotopic (exact) mass is 342 g/mol. The Morgan fingerprint density at radius 1 is 1.36 bits per heavy atom. The van der Waals surface area contributed by atoms with Crippen molar-refractivity contribution in [2.45, 2.75) is 6.10 Å². The van der Waals surface area contributed by atoms with E-state index in [0.29, 0.717) is 25.4 Å². The highest BCUT2D eigenvalue weighted by Crippen LogP contribution is 2.22. The molecule has 7 heteroatoms. The molecule has 0 radical (unpaired) electrons. The molecule has 0 saturated carbocycles. The maximum absolute atomic E-state index is 12.4. The third-order valence-corrected chi connectivity index (χ3v) is 3.96. The van der Waals surface area contributed by atoms with E-state index >= 15 is 0 Å². The molecule has 0 aromatic carbocycles. The van der Waals surface area contributed by atoms with Gasteiger partial charge in [0.2, 0.25) is 0 Å². The molecule has 2 aromatic rings. The Kier molecular flexibility index (Phi) is 5.45. The van der Waals surface area contributed by atoms with E-state index in [0.717, 1.165) is 11.5 Å². The SMILES string of the molecule is CN(C)c1cccc(C2CN(C(=O)COc3cccnc3)CCO2)n1. The average molecular weight is 342 g/mol. The van der Waals surface area contributed by atoms with Gasteiger partial charge < -0.3 is 19.3 Å². The van der Waals surface area contributed by atoms with Crippen LogP contribution in [0.2, 0.25) is 0 Å². The zero-order valence-corrected chi connectivity index (χ0v) is 14.5. The molecular weight excluding hydrogens is 320 g/mol. The van der Waals surface area contributed by atoms with Crippen molar-refractivity contribution < 1.29 is 14.3 Å². The van der Waals surface area contributed by atoms with Crippen molar-refractivity contribution in [1.82, 2.24) is 14.9 Å². The van der Waals surface area contributed by atoms with Crippen molar-refractivity contribution in [1.29, 1.82) is 0 Å². The lowest BCUT2D eigenvalue weighted by Gasteiger charge is -2.32. The average Bonchev–Trinajstić information content (AvgIpc) is 2.67. The summed E-state index contributed by atoms with van der Waals surface area (Å²) in [7, 11) is 3.89. The molecule has 1 amide bonds. The van der Waals surface area contributed by atoms with Crippen LogP contribution in [-0.4, -0.2) is 61.2 Å². The van der Waals surface area contributed by atoms with Gasteiger partial charge >= 0.3 is 0 Å². The number of hydrogen-bond acceptors (Lipinski definition) is 6. The first-order chi connectivity index (χ1) is 12.1. The molecule has 0 N–H and O–H groups in total. The molecule has 1 aliphatic heterocycles. The molecule has 3 rings (SSSR count). The number of pyridine rings is 2. The van der Waals surface area contributed by atoms with Crippen molar-refractivity contribution in [2.75, 3.05) is 45.3 Å². The topological polar surface area (TPSA) is 67.8 Å². The molecule has 1 fully saturated rings. The number of hydrogen-bond donors (Lipinski definition) is 0. The van der Waals surface area contributed by atoms with Crippen LogP contribution < -0.4 is 9.64 Å². The van der Waals surface area contributed by atoms with Gasteiger partial charge in [0.1, 0.15) is 17.7 Å². The fourth-order valence-electron chi connectivity index (χ4n) is 2.59. The standard InChI is InChI=1S/C18H22N4O3/c1-21(2)17-7-3-6-15(20-17)16-12-22(9-10-24-16)18(23)13-25-14-5-4-8-19-11-14/h3-8,11,16H,9-10,12-13H2,1-2H3. The maximum atomic E-state index is 12.4. The zero-order chi connectivity index (χ0) is 17.6. The van der Waals surface area contributed by atoms with E-state index in [-0.39, 0.29) is 18.6 Å². The summed E-state index contributed by atoms with van der Waals surface area (Å²) in [5.74, 6) is 1.38. The number of carbonyl (C=O) groups excluding carboxylic acids is 1. The maximum Gasteiger partial charge on any atom is 0.260 e. The highest BCUT2D eigenvalue weighted by atomic mass is 16.5. The van der Waals surface area contributed by atoms with Gasteiger partial charge in [0.25, 0.3) is 5.91 Å². The number of anilines is 1. The first-order valence-electron chi connectivity index (χ1n) is 8.20. The molecule has 132 valence electrons. The van der Waals surface area contributed by atoms with E-state index < -0.39 is 0 Å². The second kappa shape index (κ2) is 7.94. The van der Waals surface area contributed by atoms with E-state index in [2.05, 4.69) is 9.97 Å². The molecular formula is C18H22N4O3. The first-order valence-corrected chi connectivity index (χ1v) is 8.20. The van der Waals surface area contributed by atoms with Crippen molar-refractivity contribution in [3.8, 4) is 5.75 Å². The minimum absolute atomic E-state index is 0.0103. The highest BCUT2D eigenvalue weighted by Gasteiger charge is 2.26. The van der Waals surface area contributed by atoms with Crippen molar-refractivity contribution >= 4 is 11.7 Å². The van der Waals surface area contributed by atoms with Gasteiger partial charge in [-0.3, -0.25) is 9.78 Å². The number of aromatic nitrogens is 2. The van der Waals surface area contributed by atoms with Crippen molar-refractivity contribution in [3.05, 3.63) is 48.4 Å². The summed E-state index contributed by atoms with van der Waals surface area (Å²) in [6.07, 6.45) is 3.03. The fourth-order valence-corrected chi connectivity index (χ4v) is 2.59. The lowest BCUT2D eigenvalue weighted by atomic mass is 10.2. The summed E-state index contributed by atoms with van der Waals surface area (Å²) >= 11 is 0. The summed E-state index contributed by atoms with van der Waals surface area (Å²) in [6, 6.07) is 9.37. The van der Waals surface area contributed by atoms with Gasteiger partial charge in [0.05, 0.1) is 25.0 Å². The van der Waals surface area contributed by atoms with Gasteiger partial charge in [-0.15, -0.1) is 0 Å². The van der Waals surface area contributed by atoms with Gasteiger partial charge in [-0.1, -0.05) is 6.07 Å². The van der Waals surface area contributed by atoms with Crippen LogP contribution in [0.3, 0.4) is 0 Å². The largest absolute Gasteiger partial charge is 0.482 e. The summed E-state index contributed by atoms with van der Waals surface area (Å²) in [4.78, 5) is 24.7. The molecule has 7 nitrogen and oxygen atoms in total. The molecule has 1 unspecified atom stereocenters. The van der Waals surface area contributed by atoms with E-state index in [4.69, 9.17) is 9.47 Å². The van der Waals surface area contributed by atoms with Gasteiger partial charge in [-0.2, -0.15) is 0 Å². The summed E-state index contributed by atoms with van der Waals surface area (Å²) < 4.78 is 11.3. The molecule has 1 atom stereocenters. The molecule has 25 heavy (non-hydrogen) atoms. The third-order valence-electron chi connectivity index (χ3n) is 3.96. The summed E-state index contributed by atoms with van der Waals surface area (Å²) in [6.45, 7) is 1.50. The van der Waals surface area contributed by atoms with Crippen LogP contribution in [0.4, 0.5) is 5.82 Å². The van der Waals surface area contributed by atoms with Gasteiger partial charge in [0, 0.05) is 26.8 Å². The number of carbonyl (C=O) groups is 1. The fraction of sp³-hybridized carbons (Fsp3) is 0.389. The van der Waals surface area contributed by atoms with Gasteiger partial charge in [-0.25, -0.2) is 4.98 Å². The molecule has 2 aromatic heterocycles. The Hall–Kier alpha value is -2.67. The molecule has 1 saturated heterocycles. The van der Waals surface area contributed by atoms with E-state index in [1.807, 2.05) is 37.2 Å². The predicted molar refractivity (Wildman–Crippen MR) is 93.6 cm³/mol. The molecule has 1 aliphatic rings. The minimum atomic E-state index is -0.226. The smallest absolute Gasteiger partial charge is 0.260 e. The lowest BCUT2D eigenvalue weighted by Crippen LogP contribution is -2.44. The summed E-state index contributed by atoms with van der Waals surface area (Å²) in [5.41, 5.74) is 0.830. The second-order valence-electron chi connectivity index (χ2n) is 5.99. The van der Waals surface area contributed by atoms with Crippen LogP contribution >= 0.6 is 0 Å². The van der Waals surface area contributed by atoms with E-state index in [1.165, 1.54) is 0 Å². The summed E-state index contributed by atoms with van der Waals surface area (Å²) in [5, 5.41) is 0. The Balaban J connectivity index is 1.60. The van der Waals surface area contributed by atoms with Crippen LogP contribution in [0, 0.1) is 0 Å². The minimum Gasteiger partial charge on any atom is -0.482 e. The first kappa shape index (κ1) is 17.2. The Bertz CT molecular complexity index is 708. The molecule has 0 aliphatic carbocycles. The van der Waals surface area contributed by atoms with Crippen LogP contribution in [-0.2, 0) is 9.53 Å². The van der Waals surface area contributed by atoms with Crippen LogP contribution in [0.15, 0.2) is 42.7 Å². The number of nitrogens with zero attached hydrogens (tertiary/aromatic N) is 4. The Morgan fingerprint density at radius 2 is 2.24 bits per heavy atom. The number of ether oxygens (including phenoxy) is 2. The number of amides is 1. The number of morpholine rings is 1. The van der Waals surface area contributed by atoms with E-state index in [9.17, 15) is 4.79 Å². The normalized spacial score (nSPS) is 17.2. The van der Waals surface area contributed by atoms with Gasteiger partial charge in [0.15, 0.2) is 6.61 Å². The number of rotatable bonds is 5. The zero-order valence-electron chi connectivity index (χ0n) is 14.5. The molecule has 0 bridgehead atoms. The second-order valence-corrected chi connectivity index (χ2v) is 5.99. The third kappa shape index (κ3) is 4.45. The van der Waals surface area contributed by atoms with Gasteiger partial charge in [-0.05, 0) is 24.3 Å². The van der Waals surface area contributed by atoms with Crippen molar-refractivity contribution in [3.63, 3.8) is 0 Å². The molecule has 0 spiro atoms. The van der Waals surface area contributed by atoms with E-state index in [1.54, 1.807) is 29.4 Å². The molecule has 3 heterocycles. The quantitative estimate of drug-likeness (QED) is 0.821. The predicted octanol–water partition coefficient (Wildman–Crippen LogP) is 1.52. The lowest BCUT2D eigenvalue weighted by molar-refractivity contribution is -0.141. The Labute approximate surface area is 147 Å². The van der Waals surface area contributed by atoms with Crippen molar-refractivity contribution in [2.24, 2.45) is 0 Å².